The normalized spacial score (nSPS) is 21.1. The highest BCUT2D eigenvalue weighted by Gasteiger charge is 2.23. The quantitative estimate of drug-likeness (QED) is 0.889. The molecule has 1 aliphatic heterocycles. The third kappa shape index (κ3) is 3.55. The van der Waals surface area contributed by atoms with E-state index in [1.54, 1.807) is 12.1 Å². The van der Waals surface area contributed by atoms with Crippen molar-refractivity contribution in [2.45, 2.75) is 45.2 Å². The van der Waals surface area contributed by atoms with Crippen LogP contribution < -0.4 is 5.32 Å². The summed E-state index contributed by atoms with van der Waals surface area (Å²) in [7, 11) is 0. The van der Waals surface area contributed by atoms with Crippen molar-refractivity contribution in [3.05, 3.63) is 35.4 Å². The van der Waals surface area contributed by atoms with Gasteiger partial charge in [0.2, 0.25) is 0 Å². The third-order valence-corrected chi connectivity index (χ3v) is 4.25. The van der Waals surface area contributed by atoms with Gasteiger partial charge in [0, 0.05) is 24.2 Å². The molecule has 0 radical (unpaired) electrons. The second-order valence-corrected chi connectivity index (χ2v) is 5.55. The van der Waals surface area contributed by atoms with Crippen LogP contribution in [-0.2, 0) is 0 Å². The molecule has 0 saturated carbocycles. The fraction of sp³-hybridized carbons (Fsp3) is 0.625. The van der Waals surface area contributed by atoms with Crippen molar-refractivity contribution >= 4 is 0 Å². The smallest absolute Gasteiger partial charge is 0.163 e. The topological polar surface area (TPSA) is 15.3 Å². The Morgan fingerprint density at radius 2 is 2.15 bits per heavy atom. The Kier molecular flexibility index (Phi) is 5.49. The van der Waals surface area contributed by atoms with Crippen molar-refractivity contribution in [3.8, 4) is 0 Å². The monoisotopic (exact) mass is 282 g/mol. The van der Waals surface area contributed by atoms with Gasteiger partial charge < -0.3 is 5.32 Å². The van der Waals surface area contributed by atoms with E-state index in [0.29, 0.717) is 11.6 Å². The van der Waals surface area contributed by atoms with Gasteiger partial charge in [-0.25, -0.2) is 8.78 Å². The van der Waals surface area contributed by atoms with E-state index in [0.717, 1.165) is 26.1 Å². The third-order valence-electron chi connectivity index (χ3n) is 4.25. The summed E-state index contributed by atoms with van der Waals surface area (Å²) < 4.78 is 27.3. The fourth-order valence-corrected chi connectivity index (χ4v) is 2.96. The van der Waals surface area contributed by atoms with Gasteiger partial charge in [0.25, 0.3) is 0 Å². The molecule has 2 unspecified atom stereocenters. The molecule has 1 aromatic rings. The van der Waals surface area contributed by atoms with Gasteiger partial charge in [-0.15, -0.1) is 0 Å². The van der Waals surface area contributed by atoms with Gasteiger partial charge in [0.05, 0.1) is 0 Å². The molecule has 20 heavy (non-hydrogen) atoms. The highest BCUT2D eigenvalue weighted by Crippen LogP contribution is 2.25. The summed E-state index contributed by atoms with van der Waals surface area (Å²) in [5.74, 6) is -1.48. The molecule has 112 valence electrons. The Labute approximate surface area is 120 Å². The van der Waals surface area contributed by atoms with E-state index in [4.69, 9.17) is 0 Å². The lowest BCUT2D eigenvalue weighted by Crippen LogP contribution is -2.44. The van der Waals surface area contributed by atoms with Gasteiger partial charge in [0.1, 0.15) is 0 Å². The minimum atomic E-state index is -0.763. The van der Waals surface area contributed by atoms with Gasteiger partial charge in [0.15, 0.2) is 11.6 Å². The van der Waals surface area contributed by atoms with Crippen molar-refractivity contribution < 1.29 is 8.78 Å². The van der Waals surface area contributed by atoms with Crippen LogP contribution in [0.4, 0.5) is 8.78 Å². The van der Waals surface area contributed by atoms with Crippen molar-refractivity contribution in [3.63, 3.8) is 0 Å². The van der Waals surface area contributed by atoms with Crippen LogP contribution in [0.3, 0.4) is 0 Å². The summed E-state index contributed by atoms with van der Waals surface area (Å²) >= 11 is 0. The van der Waals surface area contributed by atoms with Crippen LogP contribution in [-0.4, -0.2) is 30.6 Å². The van der Waals surface area contributed by atoms with E-state index in [9.17, 15) is 8.78 Å². The molecule has 0 bridgehead atoms. The van der Waals surface area contributed by atoms with E-state index >= 15 is 0 Å². The van der Waals surface area contributed by atoms with E-state index in [2.05, 4.69) is 17.1 Å². The van der Waals surface area contributed by atoms with Crippen molar-refractivity contribution in [2.75, 3.05) is 19.6 Å². The van der Waals surface area contributed by atoms with E-state index in [-0.39, 0.29) is 6.04 Å². The number of rotatable bonds is 5. The number of likely N-dealkylation sites (N-methyl/N-ethyl adjacent to an activating group) is 1. The maximum atomic E-state index is 13.9. The first-order chi connectivity index (χ1) is 9.63. The number of benzene rings is 1. The predicted octanol–water partition coefficient (Wildman–Crippen LogP) is 3.49. The molecule has 1 N–H and O–H groups in total. The van der Waals surface area contributed by atoms with Crippen LogP contribution >= 0.6 is 0 Å². The average Bonchev–Trinajstić information content (AvgIpc) is 2.48. The van der Waals surface area contributed by atoms with Gasteiger partial charge >= 0.3 is 0 Å². The molecule has 2 rings (SSSR count). The van der Waals surface area contributed by atoms with Gasteiger partial charge in [-0.1, -0.05) is 25.5 Å². The first kappa shape index (κ1) is 15.4. The summed E-state index contributed by atoms with van der Waals surface area (Å²) in [6.07, 6.45) is 3.64. The standard InChI is InChI=1S/C16H24F2N2/c1-3-20(11-13-7-4-5-10-19-13)12(2)14-8-6-9-15(17)16(14)18/h6,8-9,12-13,19H,3-5,7,10-11H2,1-2H3. The van der Waals surface area contributed by atoms with Crippen molar-refractivity contribution in [2.24, 2.45) is 0 Å². The van der Waals surface area contributed by atoms with Crippen molar-refractivity contribution in [1.82, 2.24) is 10.2 Å². The van der Waals surface area contributed by atoms with Crippen LogP contribution in [0.1, 0.15) is 44.7 Å². The molecule has 2 atom stereocenters. The number of nitrogens with one attached hydrogen (secondary N) is 1. The minimum absolute atomic E-state index is 0.112. The highest BCUT2D eigenvalue weighted by molar-refractivity contribution is 5.22. The number of halogens is 2. The van der Waals surface area contributed by atoms with Gasteiger partial charge in [-0.2, -0.15) is 0 Å². The maximum absolute atomic E-state index is 13.9. The number of hydrogen-bond acceptors (Lipinski definition) is 2. The molecule has 0 aliphatic carbocycles. The lowest BCUT2D eigenvalue weighted by molar-refractivity contribution is 0.181. The maximum Gasteiger partial charge on any atom is 0.163 e. The van der Waals surface area contributed by atoms with Crippen LogP contribution in [0, 0.1) is 11.6 Å². The first-order valence-electron chi connectivity index (χ1n) is 7.54. The number of piperidine rings is 1. The van der Waals surface area contributed by atoms with Gasteiger partial charge in [-0.3, -0.25) is 4.90 Å². The van der Waals surface area contributed by atoms with E-state index in [1.165, 1.54) is 18.9 Å². The summed E-state index contributed by atoms with van der Waals surface area (Å²) in [4.78, 5) is 2.21. The highest BCUT2D eigenvalue weighted by atomic mass is 19.2. The molecule has 1 aliphatic rings. The molecule has 1 saturated heterocycles. The molecule has 1 heterocycles. The Balaban J connectivity index is 2.07. The Morgan fingerprint density at radius 1 is 1.35 bits per heavy atom. The Morgan fingerprint density at radius 3 is 2.80 bits per heavy atom. The largest absolute Gasteiger partial charge is 0.313 e. The summed E-state index contributed by atoms with van der Waals surface area (Å²) in [6.45, 7) is 6.79. The molecule has 1 fully saturated rings. The second kappa shape index (κ2) is 7.14. The summed E-state index contributed by atoms with van der Waals surface area (Å²) in [6, 6.07) is 4.78. The van der Waals surface area contributed by atoms with Crippen molar-refractivity contribution in [1.29, 1.82) is 0 Å². The zero-order chi connectivity index (χ0) is 14.5. The number of nitrogens with zero attached hydrogens (tertiary/aromatic N) is 1. The summed E-state index contributed by atoms with van der Waals surface area (Å²) in [5, 5.41) is 3.51. The second-order valence-electron chi connectivity index (χ2n) is 5.55. The predicted molar refractivity (Wildman–Crippen MR) is 77.7 cm³/mol. The summed E-state index contributed by atoms with van der Waals surface area (Å²) in [5.41, 5.74) is 0.447. The molecule has 4 heteroatoms. The molecule has 0 amide bonds. The molecule has 0 aromatic heterocycles. The van der Waals surface area contributed by atoms with Crippen LogP contribution in [0.15, 0.2) is 18.2 Å². The fourth-order valence-electron chi connectivity index (χ4n) is 2.96. The first-order valence-corrected chi connectivity index (χ1v) is 7.54. The zero-order valence-electron chi connectivity index (χ0n) is 12.3. The molecule has 0 spiro atoms. The molecular weight excluding hydrogens is 258 g/mol. The van der Waals surface area contributed by atoms with Gasteiger partial charge in [-0.05, 0) is 38.9 Å². The molecular formula is C16H24F2N2. The zero-order valence-corrected chi connectivity index (χ0v) is 12.3. The van der Waals surface area contributed by atoms with E-state index < -0.39 is 11.6 Å². The Hall–Kier alpha value is -1.00. The molecule has 2 nitrogen and oxygen atoms in total. The average molecular weight is 282 g/mol. The Bertz CT molecular complexity index is 430. The van der Waals surface area contributed by atoms with E-state index in [1.807, 2.05) is 6.92 Å². The van der Waals surface area contributed by atoms with Crippen LogP contribution in [0.2, 0.25) is 0 Å². The number of hydrogen-bond donors (Lipinski definition) is 1. The van der Waals surface area contributed by atoms with Crippen LogP contribution in [0.5, 0.6) is 0 Å². The lowest BCUT2D eigenvalue weighted by Gasteiger charge is -2.34. The lowest BCUT2D eigenvalue weighted by atomic mass is 10.0. The minimum Gasteiger partial charge on any atom is -0.313 e. The SMILES string of the molecule is CCN(CC1CCCCN1)C(C)c1cccc(F)c1F. The molecule has 1 aromatic carbocycles. The van der Waals surface area contributed by atoms with Crippen LogP contribution in [0.25, 0.3) is 0 Å².